The molecule has 2 rings (SSSR count). The molecule has 1 aliphatic carbocycles. The third-order valence-corrected chi connectivity index (χ3v) is 3.63. The number of benzene rings is 1. The summed E-state index contributed by atoms with van der Waals surface area (Å²) < 4.78 is 0. The number of rotatable bonds is 6. The van der Waals surface area contributed by atoms with Crippen LogP contribution in [0.25, 0.3) is 0 Å². The van der Waals surface area contributed by atoms with Gasteiger partial charge in [-0.1, -0.05) is 12.1 Å². The van der Waals surface area contributed by atoms with Gasteiger partial charge in [-0.15, -0.1) is 0 Å². The molecule has 0 heterocycles. The van der Waals surface area contributed by atoms with Crippen molar-refractivity contribution in [2.45, 2.75) is 31.8 Å². The van der Waals surface area contributed by atoms with Crippen LogP contribution in [0.5, 0.6) is 0 Å². The first-order valence-corrected chi connectivity index (χ1v) is 6.69. The molecule has 1 saturated carbocycles. The number of amides is 1. The molecule has 0 aliphatic heterocycles. The Labute approximate surface area is 117 Å². The summed E-state index contributed by atoms with van der Waals surface area (Å²) in [6, 6.07) is 6.05. The molecule has 6 nitrogen and oxygen atoms in total. The topological polar surface area (TPSA) is 92.5 Å². The lowest BCUT2D eigenvalue weighted by atomic mass is 9.99. The number of carbonyl (C=O) groups is 1. The van der Waals surface area contributed by atoms with E-state index in [0.717, 1.165) is 12.8 Å². The highest BCUT2D eigenvalue weighted by Crippen LogP contribution is 2.32. The highest BCUT2D eigenvalue weighted by atomic mass is 16.6. The van der Waals surface area contributed by atoms with Crippen molar-refractivity contribution >= 4 is 11.6 Å². The molecule has 1 amide bonds. The number of nitro groups is 1. The zero-order valence-corrected chi connectivity index (χ0v) is 11.3. The van der Waals surface area contributed by atoms with E-state index < -0.39 is 16.9 Å². The summed E-state index contributed by atoms with van der Waals surface area (Å²) in [5.41, 5.74) is 0.567. The highest BCUT2D eigenvalue weighted by Gasteiger charge is 2.30. The van der Waals surface area contributed by atoms with Crippen molar-refractivity contribution in [2.24, 2.45) is 5.92 Å². The maximum Gasteiger partial charge on any atom is 0.269 e. The fourth-order valence-electron chi connectivity index (χ4n) is 2.06. The second kappa shape index (κ2) is 6.00. The Morgan fingerprint density at radius 1 is 1.55 bits per heavy atom. The van der Waals surface area contributed by atoms with Crippen LogP contribution in [0.1, 0.15) is 31.2 Å². The molecule has 20 heavy (non-hydrogen) atoms. The Balaban J connectivity index is 1.95. The average Bonchev–Trinajstić information content (AvgIpc) is 3.28. The molecule has 1 fully saturated rings. The van der Waals surface area contributed by atoms with Gasteiger partial charge in [0.25, 0.3) is 5.69 Å². The van der Waals surface area contributed by atoms with Gasteiger partial charge in [-0.2, -0.15) is 0 Å². The molecule has 0 aromatic heterocycles. The van der Waals surface area contributed by atoms with E-state index in [1.165, 1.54) is 12.1 Å². The van der Waals surface area contributed by atoms with Crippen LogP contribution in [-0.4, -0.2) is 28.6 Å². The molecule has 0 saturated heterocycles. The molecular formula is C14H18N2O4. The molecule has 6 heteroatoms. The fourth-order valence-corrected chi connectivity index (χ4v) is 2.06. The Bertz CT molecular complexity index is 514. The lowest BCUT2D eigenvalue weighted by Gasteiger charge is -2.15. The second-order valence-corrected chi connectivity index (χ2v) is 5.22. The summed E-state index contributed by atoms with van der Waals surface area (Å²) in [5, 5.41) is 23.1. The van der Waals surface area contributed by atoms with Crippen molar-refractivity contribution in [1.82, 2.24) is 5.32 Å². The summed E-state index contributed by atoms with van der Waals surface area (Å²) in [6.45, 7) is 1.93. The molecule has 1 aromatic carbocycles. The van der Waals surface area contributed by atoms with E-state index in [1.54, 1.807) is 19.1 Å². The van der Waals surface area contributed by atoms with E-state index in [0.29, 0.717) is 11.5 Å². The zero-order chi connectivity index (χ0) is 14.7. The first-order chi connectivity index (χ1) is 9.49. The number of nitro benzene ring substituents is 1. The van der Waals surface area contributed by atoms with Crippen LogP contribution in [0.4, 0.5) is 5.69 Å². The van der Waals surface area contributed by atoms with Gasteiger partial charge < -0.3 is 10.4 Å². The third kappa shape index (κ3) is 3.54. The van der Waals surface area contributed by atoms with E-state index in [1.807, 2.05) is 0 Å². The minimum atomic E-state index is -0.490. The molecule has 0 spiro atoms. The van der Waals surface area contributed by atoms with Crippen molar-refractivity contribution in [3.8, 4) is 0 Å². The van der Waals surface area contributed by atoms with Gasteiger partial charge in [-0.05, 0) is 31.2 Å². The van der Waals surface area contributed by atoms with Crippen LogP contribution in [0, 0.1) is 16.0 Å². The number of nitrogens with one attached hydrogen (secondary N) is 1. The van der Waals surface area contributed by atoms with Crippen LogP contribution in [0.15, 0.2) is 24.3 Å². The summed E-state index contributed by atoms with van der Waals surface area (Å²) >= 11 is 0. The predicted molar refractivity (Wildman–Crippen MR) is 73.3 cm³/mol. The zero-order valence-electron chi connectivity index (χ0n) is 11.3. The Kier molecular flexibility index (Phi) is 4.34. The van der Waals surface area contributed by atoms with E-state index >= 15 is 0 Å². The second-order valence-electron chi connectivity index (χ2n) is 5.22. The number of non-ortho nitro benzene ring substituents is 1. The van der Waals surface area contributed by atoms with Crippen LogP contribution in [0.3, 0.4) is 0 Å². The number of carbonyl (C=O) groups excluding carboxylic acids is 1. The van der Waals surface area contributed by atoms with Gasteiger partial charge in [-0.3, -0.25) is 14.9 Å². The van der Waals surface area contributed by atoms with E-state index in [9.17, 15) is 20.0 Å². The number of aliphatic hydroxyl groups is 1. The lowest BCUT2D eigenvalue weighted by molar-refractivity contribution is -0.384. The van der Waals surface area contributed by atoms with Crippen molar-refractivity contribution in [3.05, 3.63) is 39.9 Å². The van der Waals surface area contributed by atoms with Crippen molar-refractivity contribution in [1.29, 1.82) is 0 Å². The van der Waals surface area contributed by atoms with Crippen LogP contribution in [-0.2, 0) is 4.79 Å². The molecule has 2 unspecified atom stereocenters. The van der Waals surface area contributed by atoms with Crippen LogP contribution >= 0.6 is 0 Å². The summed E-state index contributed by atoms with van der Waals surface area (Å²) in [7, 11) is 0. The number of hydrogen-bond donors (Lipinski definition) is 2. The molecule has 2 atom stereocenters. The Hall–Kier alpha value is -1.95. The van der Waals surface area contributed by atoms with Crippen molar-refractivity contribution in [2.75, 3.05) is 6.54 Å². The average molecular weight is 278 g/mol. The first-order valence-electron chi connectivity index (χ1n) is 6.69. The monoisotopic (exact) mass is 278 g/mol. The van der Waals surface area contributed by atoms with Gasteiger partial charge in [0.05, 0.1) is 16.9 Å². The summed E-state index contributed by atoms with van der Waals surface area (Å²) in [5.74, 6) is -0.407. The van der Waals surface area contributed by atoms with Gasteiger partial charge in [0.2, 0.25) is 5.91 Å². The maximum atomic E-state index is 12.0. The third-order valence-electron chi connectivity index (χ3n) is 3.63. The Morgan fingerprint density at radius 3 is 2.85 bits per heavy atom. The first kappa shape index (κ1) is 14.5. The maximum absolute atomic E-state index is 12.0. The van der Waals surface area contributed by atoms with Gasteiger partial charge in [0.15, 0.2) is 0 Å². The van der Waals surface area contributed by atoms with E-state index in [-0.39, 0.29) is 18.1 Å². The quantitative estimate of drug-likeness (QED) is 0.610. The van der Waals surface area contributed by atoms with Crippen molar-refractivity contribution < 1.29 is 14.8 Å². The van der Waals surface area contributed by atoms with Gasteiger partial charge in [0, 0.05) is 18.7 Å². The molecule has 0 bridgehead atoms. The van der Waals surface area contributed by atoms with E-state index in [4.69, 9.17) is 0 Å². The largest absolute Gasteiger partial charge is 0.391 e. The summed E-state index contributed by atoms with van der Waals surface area (Å²) in [4.78, 5) is 22.2. The number of aliphatic hydroxyl groups excluding tert-OH is 1. The fraction of sp³-hybridized carbons (Fsp3) is 0.500. The lowest BCUT2D eigenvalue weighted by Crippen LogP contribution is -2.35. The van der Waals surface area contributed by atoms with Gasteiger partial charge in [-0.25, -0.2) is 0 Å². The molecular weight excluding hydrogens is 260 g/mol. The normalized spacial score (nSPS) is 17.3. The Morgan fingerprint density at radius 2 is 2.25 bits per heavy atom. The minimum Gasteiger partial charge on any atom is -0.391 e. The minimum absolute atomic E-state index is 0.0276. The van der Waals surface area contributed by atoms with Crippen molar-refractivity contribution in [3.63, 3.8) is 0 Å². The van der Waals surface area contributed by atoms with Gasteiger partial charge >= 0.3 is 0 Å². The molecule has 108 valence electrons. The molecule has 1 aromatic rings. The standard InChI is InChI=1S/C14H18N2O4/c1-9(11-3-2-4-12(7-11)16(19)20)14(18)15-8-13(17)10-5-6-10/h2-4,7,9-10,13,17H,5-6,8H2,1H3,(H,15,18). The summed E-state index contributed by atoms with van der Waals surface area (Å²) in [6.07, 6.45) is 1.53. The SMILES string of the molecule is CC(C(=O)NCC(O)C1CC1)c1cccc([N+](=O)[O-])c1. The highest BCUT2D eigenvalue weighted by molar-refractivity contribution is 5.83. The van der Waals surface area contributed by atoms with Gasteiger partial charge in [0.1, 0.15) is 0 Å². The molecule has 1 aliphatic rings. The molecule has 2 N–H and O–H groups in total. The molecule has 0 radical (unpaired) electrons. The number of hydrogen-bond acceptors (Lipinski definition) is 4. The van der Waals surface area contributed by atoms with Crippen LogP contribution < -0.4 is 5.32 Å². The van der Waals surface area contributed by atoms with E-state index in [2.05, 4.69) is 5.32 Å². The number of nitrogens with zero attached hydrogens (tertiary/aromatic N) is 1. The van der Waals surface area contributed by atoms with Crippen LogP contribution in [0.2, 0.25) is 0 Å². The smallest absolute Gasteiger partial charge is 0.269 e. The predicted octanol–water partition coefficient (Wildman–Crippen LogP) is 1.59.